The second-order valence-corrected chi connectivity index (χ2v) is 7.36. The van der Waals surface area contributed by atoms with E-state index in [-0.39, 0.29) is 18.2 Å². The molecular formula is C22H23BrN4O3. The minimum atomic E-state index is -0.215. The molecule has 0 spiro atoms. The van der Waals surface area contributed by atoms with Crippen molar-refractivity contribution in [2.24, 2.45) is 0 Å². The Bertz CT molecular complexity index is 1010. The molecule has 2 N–H and O–H groups in total. The summed E-state index contributed by atoms with van der Waals surface area (Å²) in [6.07, 6.45) is 4.28. The number of ether oxygens (including phenoxy) is 1. The van der Waals surface area contributed by atoms with Gasteiger partial charge in [0.25, 0.3) is 5.91 Å². The number of rotatable bonds is 9. The third-order valence-electron chi connectivity index (χ3n) is 4.28. The van der Waals surface area contributed by atoms with Crippen molar-refractivity contribution >= 4 is 33.4 Å². The number of nitrogens with zero attached hydrogens (tertiary/aromatic N) is 2. The van der Waals surface area contributed by atoms with Gasteiger partial charge in [-0.25, -0.2) is 4.68 Å². The van der Waals surface area contributed by atoms with Crippen LogP contribution in [0.15, 0.2) is 65.4 Å². The number of nitrogens with one attached hydrogen (secondary N) is 2. The zero-order chi connectivity index (χ0) is 21.3. The molecule has 0 aliphatic carbocycles. The lowest BCUT2D eigenvalue weighted by Gasteiger charge is -2.12. The summed E-state index contributed by atoms with van der Waals surface area (Å²) >= 11 is 3.43. The summed E-state index contributed by atoms with van der Waals surface area (Å²) in [5.74, 6) is 0.203. The number of anilines is 1. The number of halogens is 1. The summed E-state index contributed by atoms with van der Waals surface area (Å²) in [5, 5.41) is 9.98. The van der Waals surface area contributed by atoms with Crippen molar-refractivity contribution in [1.82, 2.24) is 15.1 Å². The van der Waals surface area contributed by atoms with Gasteiger partial charge in [-0.1, -0.05) is 28.1 Å². The lowest BCUT2D eigenvalue weighted by Crippen LogP contribution is -2.26. The van der Waals surface area contributed by atoms with E-state index in [4.69, 9.17) is 4.74 Å². The van der Waals surface area contributed by atoms with Gasteiger partial charge in [-0.15, -0.1) is 0 Å². The zero-order valence-corrected chi connectivity index (χ0v) is 18.2. The van der Waals surface area contributed by atoms with Crippen molar-refractivity contribution in [2.75, 3.05) is 18.5 Å². The van der Waals surface area contributed by atoms with Crippen molar-refractivity contribution < 1.29 is 14.3 Å². The van der Waals surface area contributed by atoms with E-state index in [0.717, 1.165) is 10.2 Å². The number of aromatic nitrogens is 2. The second kappa shape index (κ2) is 10.6. The van der Waals surface area contributed by atoms with Crippen molar-refractivity contribution in [1.29, 1.82) is 0 Å². The standard InChI is InChI=1S/C22H23BrN4O3/c1-2-30-20-8-4-3-7-17(20)22(29)24-12-5-9-21(28)26-18-15-16(23)10-11-19(18)27-14-6-13-25-27/h3-4,6-8,10-11,13-15H,2,5,9,12H2,1H3,(H,24,29)(H,26,28). The number of carbonyl (C=O) groups is 2. The molecule has 0 unspecified atom stereocenters. The molecule has 0 atom stereocenters. The van der Waals surface area contributed by atoms with E-state index in [1.807, 2.05) is 43.5 Å². The first-order valence-electron chi connectivity index (χ1n) is 9.68. The highest BCUT2D eigenvalue weighted by Crippen LogP contribution is 2.24. The highest BCUT2D eigenvalue weighted by molar-refractivity contribution is 9.10. The highest BCUT2D eigenvalue weighted by Gasteiger charge is 2.12. The average molecular weight is 471 g/mol. The predicted molar refractivity (Wildman–Crippen MR) is 119 cm³/mol. The number of para-hydroxylation sites is 1. The molecule has 0 bridgehead atoms. The minimum absolute atomic E-state index is 0.134. The lowest BCUT2D eigenvalue weighted by atomic mass is 10.2. The van der Waals surface area contributed by atoms with Gasteiger partial charge in [0.1, 0.15) is 5.75 Å². The molecule has 8 heteroatoms. The summed E-state index contributed by atoms with van der Waals surface area (Å²) in [6, 6.07) is 14.5. The minimum Gasteiger partial charge on any atom is -0.493 e. The van der Waals surface area contributed by atoms with E-state index in [0.29, 0.717) is 36.6 Å². The van der Waals surface area contributed by atoms with E-state index < -0.39 is 0 Å². The lowest BCUT2D eigenvalue weighted by molar-refractivity contribution is -0.116. The molecule has 0 radical (unpaired) electrons. The van der Waals surface area contributed by atoms with Crippen LogP contribution in [0, 0.1) is 0 Å². The topological polar surface area (TPSA) is 85.2 Å². The van der Waals surface area contributed by atoms with Gasteiger partial charge in [0.05, 0.1) is 23.5 Å². The fraction of sp³-hybridized carbons (Fsp3) is 0.227. The summed E-state index contributed by atoms with van der Waals surface area (Å²) in [6.45, 7) is 2.74. The molecule has 2 amide bonds. The molecule has 3 rings (SSSR count). The first-order valence-corrected chi connectivity index (χ1v) is 10.5. The van der Waals surface area contributed by atoms with Gasteiger partial charge in [0, 0.05) is 29.8 Å². The Hall–Kier alpha value is -3.13. The smallest absolute Gasteiger partial charge is 0.255 e. The summed E-state index contributed by atoms with van der Waals surface area (Å²) < 4.78 is 8.03. The quantitative estimate of drug-likeness (QED) is 0.459. The molecule has 0 aliphatic heterocycles. The van der Waals surface area contributed by atoms with E-state index in [2.05, 4.69) is 31.7 Å². The second-order valence-electron chi connectivity index (χ2n) is 6.45. The Kier molecular flexibility index (Phi) is 7.62. The molecule has 30 heavy (non-hydrogen) atoms. The maximum absolute atomic E-state index is 12.4. The molecule has 2 aromatic carbocycles. The van der Waals surface area contributed by atoms with Gasteiger partial charge < -0.3 is 15.4 Å². The van der Waals surface area contributed by atoms with E-state index >= 15 is 0 Å². The molecule has 0 saturated carbocycles. The van der Waals surface area contributed by atoms with E-state index in [9.17, 15) is 9.59 Å². The van der Waals surface area contributed by atoms with E-state index in [1.54, 1.807) is 29.1 Å². The van der Waals surface area contributed by atoms with Crippen LogP contribution in [0.4, 0.5) is 5.69 Å². The highest BCUT2D eigenvalue weighted by atomic mass is 79.9. The maximum atomic E-state index is 12.4. The largest absolute Gasteiger partial charge is 0.493 e. The Morgan fingerprint density at radius 1 is 1.17 bits per heavy atom. The van der Waals surface area contributed by atoms with Crippen molar-refractivity contribution in [2.45, 2.75) is 19.8 Å². The Morgan fingerprint density at radius 3 is 2.77 bits per heavy atom. The van der Waals surface area contributed by atoms with Crippen molar-refractivity contribution in [3.8, 4) is 11.4 Å². The van der Waals surface area contributed by atoms with Gasteiger partial charge >= 0.3 is 0 Å². The van der Waals surface area contributed by atoms with Crippen LogP contribution < -0.4 is 15.4 Å². The van der Waals surface area contributed by atoms with Crippen molar-refractivity contribution in [3.05, 3.63) is 71.0 Å². The van der Waals surface area contributed by atoms with Crippen LogP contribution in [0.5, 0.6) is 5.75 Å². The first-order chi connectivity index (χ1) is 14.6. The Morgan fingerprint density at radius 2 is 2.00 bits per heavy atom. The summed E-state index contributed by atoms with van der Waals surface area (Å²) in [5.41, 5.74) is 1.92. The van der Waals surface area contributed by atoms with Crippen LogP contribution in [0.2, 0.25) is 0 Å². The van der Waals surface area contributed by atoms with Crippen molar-refractivity contribution in [3.63, 3.8) is 0 Å². The van der Waals surface area contributed by atoms with Gasteiger partial charge in [-0.2, -0.15) is 5.10 Å². The average Bonchev–Trinajstić information content (AvgIpc) is 3.26. The SMILES string of the molecule is CCOc1ccccc1C(=O)NCCCC(=O)Nc1cc(Br)ccc1-n1cccn1. The molecule has 0 aliphatic rings. The monoisotopic (exact) mass is 470 g/mol. The molecule has 1 aromatic heterocycles. The maximum Gasteiger partial charge on any atom is 0.255 e. The number of benzene rings is 2. The van der Waals surface area contributed by atoms with Crippen LogP contribution in [-0.2, 0) is 4.79 Å². The molecule has 1 heterocycles. The fourth-order valence-electron chi connectivity index (χ4n) is 2.91. The number of carbonyl (C=O) groups excluding carboxylic acids is 2. The van der Waals surface area contributed by atoms with Gasteiger partial charge in [0.15, 0.2) is 0 Å². The summed E-state index contributed by atoms with van der Waals surface area (Å²) in [7, 11) is 0. The summed E-state index contributed by atoms with van der Waals surface area (Å²) in [4.78, 5) is 24.8. The molecule has 3 aromatic rings. The number of hydrogen-bond acceptors (Lipinski definition) is 4. The van der Waals surface area contributed by atoms with Crippen LogP contribution in [0.25, 0.3) is 5.69 Å². The third-order valence-corrected chi connectivity index (χ3v) is 4.77. The Labute approximate surface area is 183 Å². The van der Waals surface area contributed by atoms with Gasteiger partial charge in [-0.3, -0.25) is 9.59 Å². The Balaban J connectivity index is 1.52. The number of hydrogen-bond donors (Lipinski definition) is 2. The van der Waals surface area contributed by atoms with Crippen LogP contribution >= 0.6 is 15.9 Å². The van der Waals surface area contributed by atoms with Crippen LogP contribution in [0.1, 0.15) is 30.1 Å². The molecule has 7 nitrogen and oxygen atoms in total. The zero-order valence-electron chi connectivity index (χ0n) is 16.6. The van der Waals surface area contributed by atoms with Crippen LogP contribution in [-0.4, -0.2) is 34.7 Å². The third kappa shape index (κ3) is 5.70. The predicted octanol–water partition coefficient (Wildman–Crippen LogP) is 4.18. The molecule has 0 fully saturated rings. The normalized spacial score (nSPS) is 10.5. The fourth-order valence-corrected chi connectivity index (χ4v) is 3.27. The molecule has 0 saturated heterocycles. The van der Waals surface area contributed by atoms with Crippen LogP contribution in [0.3, 0.4) is 0 Å². The molecule has 156 valence electrons. The van der Waals surface area contributed by atoms with E-state index in [1.165, 1.54) is 0 Å². The number of amides is 2. The molecular weight excluding hydrogens is 448 g/mol. The van der Waals surface area contributed by atoms with Gasteiger partial charge in [0.2, 0.25) is 5.91 Å². The first kappa shape index (κ1) is 21.6. The van der Waals surface area contributed by atoms with Gasteiger partial charge in [-0.05, 0) is 49.7 Å².